The topological polar surface area (TPSA) is 72.6 Å². The summed E-state index contributed by atoms with van der Waals surface area (Å²) in [5, 5.41) is 0.297. The summed E-state index contributed by atoms with van der Waals surface area (Å²) in [6.07, 6.45) is 0. The molecule has 0 atom stereocenters. The summed E-state index contributed by atoms with van der Waals surface area (Å²) in [5.74, 6) is -0.947. The fourth-order valence-corrected chi connectivity index (χ4v) is 1.86. The fourth-order valence-electron chi connectivity index (χ4n) is 1.44. The average Bonchev–Trinajstić information content (AvgIpc) is 2.33. The number of ether oxygens (including phenoxy) is 1. The Balaban J connectivity index is 2.91. The molecule has 0 bridgehead atoms. The standard InChI is InChI=1S/C12H14Cl2N2O3/c1-3-19-10(17)6-16(2)12(18)8-4-7(15)5-9(13)11(8)14/h4-5H,3,6,15H2,1-2H3. The first-order valence-corrected chi connectivity index (χ1v) is 6.28. The number of hydrogen-bond acceptors (Lipinski definition) is 4. The lowest BCUT2D eigenvalue weighted by Crippen LogP contribution is -2.33. The monoisotopic (exact) mass is 304 g/mol. The Hall–Kier alpha value is -1.46. The van der Waals surface area contributed by atoms with E-state index < -0.39 is 11.9 Å². The maximum absolute atomic E-state index is 12.1. The van der Waals surface area contributed by atoms with Crippen LogP contribution in [0.4, 0.5) is 5.69 Å². The highest BCUT2D eigenvalue weighted by atomic mass is 35.5. The third-order valence-corrected chi connectivity index (χ3v) is 3.10. The lowest BCUT2D eigenvalue weighted by molar-refractivity contribution is -0.143. The van der Waals surface area contributed by atoms with E-state index in [4.69, 9.17) is 33.7 Å². The second-order valence-electron chi connectivity index (χ2n) is 3.83. The van der Waals surface area contributed by atoms with E-state index in [1.165, 1.54) is 24.1 Å². The number of carbonyl (C=O) groups excluding carboxylic acids is 2. The SMILES string of the molecule is CCOC(=O)CN(C)C(=O)c1cc(N)cc(Cl)c1Cl. The summed E-state index contributed by atoms with van der Waals surface area (Å²) in [6, 6.07) is 2.87. The minimum atomic E-state index is -0.496. The van der Waals surface area contributed by atoms with Gasteiger partial charge in [0.15, 0.2) is 0 Å². The summed E-state index contributed by atoms with van der Waals surface area (Å²) in [5.41, 5.74) is 6.08. The molecule has 0 aromatic heterocycles. The van der Waals surface area contributed by atoms with Crippen LogP contribution in [0, 0.1) is 0 Å². The van der Waals surface area contributed by atoms with Gasteiger partial charge in [-0.05, 0) is 19.1 Å². The van der Waals surface area contributed by atoms with E-state index in [9.17, 15) is 9.59 Å². The number of anilines is 1. The summed E-state index contributed by atoms with van der Waals surface area (Å²) >= 11 is 11.8. The van der Waals surface area contributed by atoms with Gasteiger partial charge in [-0.25, -0.2) is 0 Å². The molecule has 0 unspecified atom stereocenters. The van der Waals surface area contributed by atoms with Crippen molar-refractivity contribution in [2.24, 2.45) is 0 Å². The Morgan fingerprint density at radius 3 is 2.58 bits per heavy atom. The van der Waals surface area contributed by atoms with Crippen molar-refractivity contribution in [1.82, 2.24) is 4.90 Å². The molecule has 0 fully saturated rings. The predicted molar refractivity (Wildman–Crippen MR) is 74.5 cm³/mol. The highest BCUT2D eigenvalue weighted by Gasteiger charge is 2.20. The summed E-state index contributed by atoms with van der Waals surface area (Å²) < 4.78 is 4.76. The first kappa shape index (κ1) is 15.6. The minimum absolute atomic E-state index is 0.108. The first-order valence-electron chi connectivity index (χ1n) is 5.52. The molecule has 1 rings (SSSR count). The third-order valence-electron chi connectivity index (χ3n) is 2.30. The number of nitrogens with zero attached hydrogens (tertiary/aromatic N) is 1. The molecular formula is C12H14Cl2N2O3. The van der Waals surface area contributed by atoms with Gasteiger partial charge in [-0.1, -0.05) is 23.2 Å². The summed E-state index contributed by atoms with van der Waals surface area (Å²) in [6.45, 7) is 1.77. The number of likely N-dealkylation sites (N-methyl/N-ethyl adjacent to an activating group) is 1. The number of benzene rings is 1. The van der Waals surface area contributed by atoms with E-state index in [0.29, 0.717) is 5.69 Å². The Morgan fingerprint density at radius 2 is 2.00 bits per heavy atom. The van der Waals surface area contributed by atoms with E-state index in [1.54, 1.807) is 6.92 Å². The van der Waals surface area contributed by atoms with Gasteiger partial charge in [-0.15, -0.1) is 0 Å². The summed E-state index contributed by atoms with van der Waals surface area (Å²) in [4.78, 5) is 24.6. The van der Waals surface area contributed by atoms with Gasteiger partial charge in [0.1, 0.15) is 6.54 Å². The fraction of sp³-hybridized carbons (Fsp3) is 0.333. The van der Waals surface area contributed by atoms with Gasteiger partial charge in [0, 0.05) is 12.7 Å². The second kappa shape index (κ2) is 6.63. The molecule has 7 heteroatoms. The van der Waals surface area contributed by atoms with Crippen LogP contribution in [0.15, 0.2) is 12.1 Å². The molecule has 1 aromatic carbocycles. The van der Waals surface area contributed by atoms with E-state index in [0.717, 1.165) is 0 Å². The number of halogens is 2. The Kier molecular flexibility index (Phi) is 5.44. The lowest BCUT2D eigenvalue weighted by Gasteiger charge is -2.17. The molecule has 0 aliphatic rings. The van der Waals surface area contributed by atoms with Crippen LogP contribution in [-0.4, -0.2) is 37.0 Å². The van der Waals surface area contributed by atoms with Crippen LogP contribution in [0.2, 0.25) is 10.0 Å². The number of nitrogens with two attached hydrogens (primary N) is 1. The van der Waals surface area contributed by atoms with Crippen molar-refractivity contribution in [3.63, 3.8) is 0 Å². The van der Waals surface area contributed by atoms with Crippen LogP contribution in [0.5, 0.6) is 0 Å². The number of carbonyl (C=O) groups is 2. The summed E-state index contributed by atoms with van der Waals surface area (Å²) in [7, 11) is 1.46. The van der Waals surface area contributed by atoms with Crippen molar-refractivity contribution in [1.29, 1.82) is 0 Å². The van der Waals surface area contributed by atoms with Crippen molar-refractivity contribution in [2.45, 2.75) is 6.92 Å². The molecule has 1 aromatic rings. The van der Waals surface area contributed by atoms with Gasteiger partial charge in [0.25, 0.3) is 5.91 Å². The van der Waals surface area contributed by atoms with Crippen LogP contribution in [-0.2, 0) is 9.53 Å². The molecule has 19 heavy (non-hydrogen) atoms. The van der Waals surface area contributed by atoms with Gasteiger partial charge in [-0.3, -0.25) is 9.59 Å². The lowest BCUT2D eigenvalue weighted by atomic mass is 10.1. The van der Waals surface area contributed by atoms with Crippen LogP contribution in [0.25, 0.3) is 0 Å². The van der Waals surface area contributed by atoms with E-state index in [-0.39, 0.29) is 28.8 Å². The van der Waals surface area contributed by atoms with Gasteiger partial charge in [-0.2, -0.15) is 0 Å². The van der Waals surface area contributed by atoms with Crippen molar-refractivity contribution in [2.75, 3.05) is 25.9 Å². The highest BCUT2D eigenvalue weighted by Crippen LogP contribution is 2.29. The molecule has 0 saturated heterocycles. The van der Waals surface area contributed by atoms with E-state index in [2.05, 4.69) is 0 Å². The molecule has 0 saturated carbocycles. The second-order valence-corrected chi connectivity index (χ2v) is 4.62. The maximum Gasteiger partial charge on any atom is 0.325 e. The van der Waals surface area contributed by atoms with Gasteiger partial charge >= 0.3 is 5.97 Å². The molecule has 0 spiro atoms. The number of esters is 1. The number of nitrogen functional groups attached to an aromatic ring is 1. The van der Waals surface area contributed by atoms with Crippen molar-refractivity contribution >= 4 is 40.8 Å². The predicted octanol–water partition coefficient (Wildman–Crippen LogP) is 2.21. The maximum atomic E-state index is 12.1. The molecule has 5 nitrogen and oxygen atoms in total. The minimum Gasteiger partial charge on any atom is -0.465 e. The Bertz CT molecular complexity index is 506. The van der Waals surface area contributed by atoms with Gasteiger partial charge in [0.05, 0.1) is 22.2 Å². The highest BCUT2D eigenvalue weighted by molar-refractivity contribution is 6.44. The molecular weight excluding hydrogens is 291 g/mol. The van der Waals surface area contributed by atoms with Crippen molar-refractivity contribution in [3.8, 4) is 0 Å². The molecule has 0 heterocycles. The van der Waals surface area contributed by atoms with Gasteiger partial charge in [0.2, 0.25) is 0 Å². The zero-order chi connectivity index (χ0) is 14.6. The van der Waals surface area contributed by atoms with Crippen molar-refractivity contribution in [3.05, 3.63) is 27.7 Å². The van der Waals surface area contributed by atoms with E-state index >= 15 is 0 Å². The first-order chi connectivity index (χ1) is 8.86. The number of amides is 1. The Labute approximate surface area is 121 Å². The van der Waals surface area contributed by atoms with Crippen molar-refractivity contribution < 1.29 is 14.3 Å². The quantitative estimate of drug-likeness (QED) is 0.684. The van der Waals surface area contributed by atoms with Crippen LogP contribution in [0.1, 0.15) is 17.3 Å². The van der Waals surface area contributed by atoms with Crippen LogP contribution >= 0.6 is 23.2 Å². The van der Waals surface area contributed by atoms with Gasteiger partial charge < -0.3 is 15.4 Å². The molecule has 0 radical (unpaired) electrons. The van der Waals surface area contributed by atoms with Crippen LogP contribution in [0.3, 0.4) is 0 Å². The zero-order valence-electron chi connectivity index (χ0n) is 10.6. The zero-order valence-corrected chi connectivity index (χ0v) is 12.1. The number of hydrogen-bond donors (Lipinski definition) is 1. The van der Waals surface area contributed by atoms with Crippen LogP contribution < -0.4 is 5.73 Å². The molecule has 0 aliphatic heterocycles. The normalized spacial score (nSPS) is 10.1. The Morgan fingerprint density at radius 1 is 1.37 bits per heavy atom. The number of rotatable bonds is 4. The molecule has 2 N–H and O–H groups in total. The third kappa shape index (κ3) is 4.01. The average molecular weight is 305 g/mol. The molecule has 0 aliphatic carbocycles. The van der Waals surface area contributed by atoms with E-state index in [1.807, 2.05) is 0 Å². The molecule has 104 valence electrons. The smallest absolute Gasteiger partial charge is 0.325 e. The largest absolute Gasteiger partial charge is 0.465 e. The molecule has 1 amide bonds.